The average Bonchev–Trinajstić information content (AvgIpc) is 3.67. The zero-order valence-corrected chi connectivity index (χ0v) is 38.2. The monoisotopic (exact) mass is 944 g/mol. The van der Waals surface area contributed by atoms with Crippen molar-refractivity contribution in [3.63, 3.8) is 0 Å². The Morgan fingerprint density at radius 1 is 0.597 bits per heavy atom. The number of nitrogens with two attached hydrogens (primary N) is 6. The number of carbonyl (C=O) groups excluding carboxylic acids is 8. The van der Waals surface area contributed by atoms with Crippen LogP contribution in [0, 0.1) is 0 Å². The average molecular weight is 944 g/mol. The second kappa shape index (κ2) is 28.9. The first-order valence-corrected chi connectivity index (χ1v) is 22.1. The number of nitrogens with one attached hydrogen (secondary N) is 8. The molecule has 0 unspecified atom stereocenters. The lowest BCUT2D eigenvalue weighted by atomic mass is 10.0. The van der Waals surface area contributed by atoms with Gasteiger partial charge in [-0.25, -0.2) is 0 Å². The highest BCUT2D eigenvalue weighted by atomic mass is 16.4. The molecule has 25 heteroatoms. The van der Waals surface area contributed by atoms with Crippen LogP contribution in [0.2, 0.25) is 0 Å². The maximum atomic E-state index is 13.6. The minimum absolute atomic E-state index is 0.0319. The van der Waals surface area contributed by atoms with Crippen molar-refractivity contribution < 1.29 is 48.3 Å². The molecule has 0 spiro atoms. The largest absolute Gasteiger partial charge is 0.481 e. The van der Waals surface area contributed by atoms with Crippen molar-refractivity contribution in [2.24, 2.45) is 39.4 Å². The Labute approximate surface area is 388 Å². The Balaban J connectivity index is 2.06. The predicted octanol–water partition coefficient (Wildman–Crippen LogP) is -4.24. The molecule has 21 N–H and O–H groups in total. The summed E-state index contributed by atoms with van der Waals surface area (Å²) in [7, 11) is 0. The van der Waals surface area contributed by atoms with Crippen LogP contribution in [0.1, 0.15) is 84.1 Å². The van der Waals surface area contributed by atoms with Crippen LogP contribution < -0.4 is 71.6 Å². The zero-order valence-electron chi connectivity index (χ0n) is 38.2. The number of primary amides is 1. The molecule has 1 aromatic carbocycles. The number of benzene rings is 1. The molecule has 1 heterocycles. The van der Waals surface area contributed by atoms with E-state index in [-0.39, 0.29) is 44.6 Å². The highest BCUT2D eigenvalue weighted by Crippen LogP contribution is 2.19. The van der Waals surface area contributed by atoms with Crippen molar-refractivity contribution in [1.29, 1.82) is 0 Å². The topological polar surface area (TPSA) is 442 Å². The molecular weight excluding hydrogens is 875 g/mol. The Kier molecular flexibility index (Phi) is 24.3. The summed E-state index contributed by atoms with van der Waals surface area (Å²) in [6.07, 6.45) is 3.51. The van der Waals surface area contributed by atoms with E-state index < -0.39 is 108 Å². The van der Waals surface area contributed by atoms with Crippen LogP contribution in [-0.4, -0.2) is 137 Å². The number of aromatic nitrogens is 1. The number of rotatable bonds is 31. The first kappa shape index (κ1) is 56.3. The minimum Gasteiger partial charge on any atom is -0.481 e. The molecule has 372 valence electrons. The molecule has 2 rings (SSSR count). The Morgan fingerprint density at radius 3 is 1.57 bits per heavy atom. The van der Waals surface area contributed by atoms with Crippen LogP contribution in [0.25, 0.3) is 10.9 Å². The first-order valence-electron chi connectivity index (χ1n) is 22.1. The fourth-order valence-corrected chi connectivity index (χ4v) is 6.63. The van der Waals surface area contributed by atoms with Crippen molar-refractivity contribution in [3.05, 3.63) is 36.0 Å². The van der Waals surface area contributed by atoms with E-state index in [9.17, 15) is 48.3 Å². The van der Waals surface area contributed by atoms with Gasteiger partial charge in [0.25, 0.3) is 0 Å². The molecule has 0 radical (unpaired) electrons. The second-order valence-corrected chi connectivity index (χ2v) is 16.1. The minimum atomic E-state index is -1.70. The van der Waals surface area contributed by atoms with Gasteiger partial charge in [0.15, 0.2) is 5.96 Å². The zero-order chi connectivity index (χ0) is 50.2. The molecule has 1 aromatic heterocycles. The number of H-pyrrole nitrogens is 1. The van der Waals surface area contributed by atoms with E-state index >= 15 is 0 Å². The van der Waals surface area contributed by atoms with Gasteiger partial charge >= 0.3 is 5.97 Å². The lowest BCUT2D eigenvalue weighted by Gasteiger charge is -2.25. The molecule has 0 aliphatic heterocycles. The number of guanidine groups is 1. The Hall–Kier alpha value is -6.86. The van der Waals surface area contributed by atoms with Gasteiger partial charge in [-0.2, -0.15) is 0 Å². The molecule has 0 fully saturated rings. The summed E-state index contributed by atoms with van der Waals surface area (Å²) in [5, 5.41) is 27.7. The molecule has 25 nitrogen and oxygen atoms in total. The van der Waals surface area contributed by atoms with Gasteiger partial charge in [0.1, 0.15) is 42.3 Å². The van der Waals surface area contributed by atoms with Gasteiger partial charge in [-0.15, -0.1) is 0 Å². The van der Waals surface area contributed by atoms with E-state index in [1.807, 2.05) is 24.3 Å². The standard InChI is InChI=1S/C42H69N15O10/c1-22(35(61)52-24(3)37(63)55-31(15-10-18-49-42(47)48)39(65)54-29(34(46)60)13-6-8-16-43)51-36(62)23(2)53-41(67)32(20-33(58)59)57-40(66)30(14-7-9-17-44)56-38(64)27(45)19-25-21-50-28-12-5-4-11-26(25)28/h4-5,11-12,21-24,27,29-32,50H,6-10,13-20,43-45H2,1-3H3,(H2,46,60)(H,51,62)(H,52,61)(H,53,67)(H,54,65)(H,55,63)(H,56,64)(H,57,66)(H,58,59)(H4,47,48,49)/t22-,23-,24-,27-,29-,30-,31-,32-/m0/s1. The van der Waals surface area contributed by atoms with Gasteiger partial charge in [0.05, 0.1) is 12.5 Å². The second-order valence-electron chi connectivity index (χ2n) is 16.1. The number of carbonyl (C=O) groups is 9. The number of carboxylic acid groups (broad SMARTS) is 1. The van der Waals surface area contributed by atoms with Crippen molar-refractivity contribution >= 4 is 70.1 Å². The van der Waals surface area contributed by atoms with E-state index in [4.69, 9.17) is 34.4 Å². The summed E-state index contributed by atoms with van der Waals surface area (Å²) >= 11 is 0. The maximum absolute atomic E-state index is 13.6. The third-order valence-corrected chi connectivity index (χ3v) is 10.5. The van der Waals surface area contributed by atoms with E-state index in [0.29, 0.717) is 38.8 Å². The summed E-state index contributed by atoms with van der Waals surface area (Å²) in [6.45, 7) is 4.64. The summed E-state index contributed by atoms with van der Waals surface area (Å²) in [5.41, 5.74) is 35.3. The smallest absolute Gasteiger partial charge is 0.305 e. The molecular formula is C42H69N15O10. The van der Waals surface area contributed by atoms with Crippen molar-refractivity contribution in [2.75, 3.05) is 19.6 Å². The highest BCUT2D eigenvalue weighted by molar-refractivity contribution is 5.98. The van der Waals surface area contributed by atoms with Crippen LogP contribution in [0.15, 0.2) is 35.5 Å². The van der Waals surface area contributed by atoms with Gasteiger partial charge in [-0.3, -0.25) is 48.1 Å². The van der Waals surface area contributed by atoms with Crippen molar-refractivity contribution in [2.45, 2.75) is 133 Å². The summed E-state index contributed by atoms with van der Waals surface area (Å²) in [5.74, 6) is -8.27. The quantitative estimate of drug-likeness (QED) is 0.0193. The fourth-order valence-electron chi connectivity index (χ4n) is 6.63. The Morgan fingerprint density at radius 2 is 1.04 bits per heavy atom. The molecule has 0 aliphatic carbocycles. The maximum Gasteiger partial charge on any atom is 0.305 e. The number of aliphatic imine (C=N–C) groups is 1. The van der Waals surface area contributed by atoms with Gasteiger partial charge in [-0.1, -0.05) is 18.2 Å². The van der Waals surface area contributed by atoms with Gasteiger partial charge in [0, 0.05) is 23.6 Å². The molecule has 67 heavy (non-hydrogen) atoms. The van der Waals surface area contributed by atoms with Crippen molar-refractivity contribution in [1.82, 2.24) is 42.2 Å². The number of hydrogen-bond acceptors (Lipinski definition) is 13. The van der Waals surface area contributed by atoms with E-state index in [1.165, 1.54) is 20.8 Å². The number of para-hydroxylation sites is 1. The highest BCUT2D eigenvalue weighted by Gasteiger charge is 2.32. The summed E-state index contributed by atoms with van der Waals surface area (Å²) in [4.78, 5) is 124. The SMILES string of the molecule is C[C@H](NC(=O)[C@H](C)NC(=O)[C@H](CC(=O)O)NC(=O)[C@H](CCCCN)NC(=O)[C@@H](N)Cc1c[nH]c2ccccc12)C(=O)N[C@@H](C)C(=O)N[C@@H](CCCN=C(N)N)C(=O)N[C@@H](CCCCN)C(N)=O. The first-order chi connectivity index (χ1) is 31.7. The predicted molar refractivity (Wildman–Crippen MR) is 248 cm³/mol. The molecule has 0 saturated carbocycles. The van der Waals surface area contributed by atoms with E-state index in [0.717, 1.165) is 16.5 Å². The molecule has 0 aliphatic rings. The number of carboxylic acids is 1. The lowest BCUT2D eigenvalue weighted by molar-refractivity contribution is -0.141. The normalized spacial score (nSPS) is 14.6. The summed E-state index contributed by atoms with van der Waals surface area (Å²) < 4.78 is 0. The number of aliphatic carboxylic acids is 1. The molecule has 0 bridgehead atoms. The van der Waals surface area contributed by atoms with Crippen molar-refractivity contribution in [3.8, 4) is 0 Å². The number of fused-ring (bicyclic) bond motifs is 1. The third kappa shape index (κ3) is 20.0. The van der Waals surface area contributed by atoms with Crippen LogP contribution in [0.5, 0.6) is 0 Å². The molecule has 2 aromatic rings. The van der Waals surface area contributed by atoms with Gasteiger partial charge < -0.3 is 81.7 Å². The van der Waals surface area contributed by atoms with E-state index in [1.54, 1.807) is 6.20 Å². The number of amides is 8. The summed E-state index contributed by atoms with van der Waals surface area (Å²) in [6, 6.07) is -2.74. The molecule has 0 saturated heterocycles. The third-order valence-electron chi connectivity index (χ3n) is 10.5. The Bertz CT molecular complexity index is 2040. The van der Waals surface area contributed by atoms with Gasteiger partial charge in [-0.05, 0) is 103 Å². The number of aromatic amines is 1. The van der Waals surface area contributed by atoms with Crippen LogP contribution in [0.3, 0.4) is 0 Å². The fraction of sp³-hybridized carbons (Fsp3) is 0.571. The van der Waals surface area contributed by atoms with Crippen LogP contribution in [0.4, 0.5) is 0 Å². The van der Waals surface area contributed by atoms with Gasteiger partial charge in [0.2, 0.25) is 47.3 Å². The number of unbranched alkanes of at least 4 members (excludes halogenated alkanes) is 2. The molecule has 8 atom stereocenters. The molecule has 8 amide bonds. The lowest BCUT2D eigenvalue weighted by Crippen LogP contribution is -2.59. The number of nitrogens with zero attached hydrogens (tertiary/aromatic N) is 1. The van der Waals surface area contributed by atoms with Crippen LogP contribution in [-0.2, 0) is 49.6 Å². The van der Waals surface area contributed by atoms with Crippen LogP contribution >= 0.6 is 0 Å². The van der Waals surface area contributed by atoms with E-state index in [2.05, 4.69) is 47.2 Å². The number of hydrogen-bond donors (Lipinski definition) is 15.